The highest BCUT2D eigenvalue weighted by atomic mass is 16.7. The zero-order chi connectivity index (χ0) is 24.8. The smallest absolute Gasteiger partial charge is 0.303 e. The highest BCUT2D eigenvalue weighted by Gasteiger charge is 2.60. The third kappa shape index (κ3) is 3.94. The molecule has 0 aliphatic carbocycles. The fraction of sp³-hybridized carbons (Fsp3) is 0.429. The van der Waals surface area contributed by atoms with Crippen molar-refractivity contribution in [1.29, 1.82) is 0 Å². The molecule has 4 rings (SSSR count). The van der Waals surface area contributed by atoms with Crippen molar-refractivity contribution < 1.29 is 33.3 Å². The molecule has 1 saturated heterocycles. The zero-order valence-electron chi connectivity index (χ0n) is 18.9. The van der Waals surface area contributed by atoms with Crippen LogP contribution in [-0.2, 0) is 33.3 Å². The van der Waals surface area contributed by atoms with Crippen LogP contribution in [0.5, 0.6) is 0 Å². The van der Waals surface area contributed by atoms with Crippen molar-refractivity contribution >= 4 is 45.3 Å². The van der Waals surface area contributed by atoms with Crippen LogP contribution in [0.25, 0.3) is 21.7 Å². The number of H-pyrrole nitrogens is 1. The third-order valence-corrected chi connectivity index (χ3v) is 5.53. The largest absolute Gasteiger partial charge is 0.463 e. The molecule has 0 radical (unpaired) electrons. The van der Waals surface area contributed by atoms with Gasteiger partial charge in [-0.2, -0.15) is 10.2 Å². The number of nitrogen functional groups attached to an aromatic ring is 1. The Hall–Kier alpha value is -4.00. The van der Waals surface area contributed by atoms with E-state index in [2.05, 4.69) is 15.3 Å². The summed E-state index contributed by atoms with van der Waals surface area (Å²) in [6, 6.07) is 1.51. The van der Waals surface area contributed by atoms with E-state index in [9.17, 15) is 19.2 Å². The lowest BCUT2D eigenvalue weighted by Gasteiger charge is -2.34. The van der Waals surface area contributed by atoms with Crippen molar-refractivity contribution in [2.75, 3.05) is 12.3 Å². The van der Waals surface area contributed by atoms with E-state index in [4.69, 9.17) is 24.7 Å². The highest BCUT2D eigenvalue weighted by Crippen LogP contribution is 2.44. The number of hydrogen-bond acceptors (Lipinski definition) is 11. The second kappa shape index (κ2) is 8.41. The van der Waals surface area contributed by atoms with Crippen LogP contribution in [0.15, 0.2) is 23.3 Å². The molecule has 0 spiro atoms. The van der Waals surface area contributed by atoms with Crippen molar-refractivity contribution in [2.45, 2.75) is 51.7 Å². The second-order valence-corrected chi connectivity index (χ2v) is 8.13. The van der Waals surface area contributed by atoms with Crippen molar-refractivity contribution in [2.24, 2.45) is 0 Å². The molecule has 0 saturated carbocycles. The van der Waals surface area contributed by atoms with Crippen molar-refractivity contribution in [3.05, 3.63) is 28.8 Å². The Bertz CT molecular complexity index is 1360. The Labute approximate surface area is 192 Å². The van der Waals surface area contributed by atoms with Gasteiger partial charge in [0, 0.05) is 43.4 Å². The maximum atomic E-state index is 12.3. The molecule has 34 heavy (non-hydrogen) atoms. The molecule has 3 N–H and O–H groups in total. The molecule has 1 aliphatic heterocycles. The van der Waals surface area contributed by atoms with Gasteiger partial charge in [0.1, 0.15) is 18.2 Å². The summed E-state index contributed by atoms with van der Waals surface area (Å²) in [5, 5.41) is 12.1. The summed E-state index contributed by atoms with van der Waals surface area (Å²) in [5.41, 5.74) is 4.78. The number of aromatic amines is 1. The average molecular weight is 473 g/mol. The molecule has 1 aliphatic rings. The number of hydrogen-bond donors (Lipinski definition) is 2. The summed E-state index contributed by atoms with van der Waals surface area (Å²) < 4.78 is 23.6. The van der Waals surface area contributed by atoms with E-state index in [1.54, 1.807) is 0 Å². The van der Waals surface area contributed by atoms with Gasteiger partial charge in [-0.3, -0.25) is 19.2 Å². The standard InChI is InChI=1S/C21H23N5O8/c1-9(27)31-8-16-18(32-10(2)28)21(4,34-11(3)29)20(33-16)26-7-13-14(22)5-12-17(13)15(25-26)6-23-24-19(12)30/h5-7,16,18,20H,8,22H2,1-4H3,(H,24,30). The first-order valence-corrected chi connectivity index (χ1v) is 10.3. The number of esters is 3. The van der Waals surface area contributed by atoms with Crippen LogP contribution in [0.2, 0.25) is 0 Å². The number of anilines is 1. The number of rotatable bonds is 5. The van der Waals surface area contributed by atoms with Gasteiger partial charge in [-0.25, -0.2) is 9.78 Å². The fourth-order valence-corrected chi connectivity index (χ4v) is 4.27. The quantitative estimate of drug-likeness (QED) is 0.391. The molecule has 13 heteroatoms. The van der Waals surface area contributed by atoms with E-state index in [-0.39, 0.29) is 6.61 Å². The number of carbonyl (C=O) groups is 3. The van der Waals surface area contributed by atoms with E-state index >= 15 is 0 Å². The van der Waals surface area contributed by atoms with Crippen molar-refractivity contribution in [3.8, 4) is 0 Å². The highest BCUT2D eigenvalue weighted by molar-refractivity contribution is 6.14. The summed E-state index contributed by atoms with van der Waals surface area (Å²) in [6.07, 6.45) is -0.345. The lowest BCUT2D eigenvalue weighted by molar-refractivity contribution is -0.185. The minimum atomic E-state index is -1.57. The Kier molecular flexibility index (Phi) is 5.73. The van der Waals surface area contributed by atoms with Gasteiger partial charge in [-0.15, -0.1) is 0 Å². The molecule has 0 bridgehead atoms. The van der Waals surface area contributed by atoms with E-state index < -0.39 is 47.5 Å². The van der Waals surface area contributed by atoms with Gasteiger partial charge < -0.3 is 24.7 Å². The van der Waals surface area contributed by atoms with Crippen LogP contribution in [0.4, 0.5) is 5.69 Å². The van der Waals surface area contributed by atoms with Gasteiger partial charge in [0.05, 0.1) is 11.6 Å². The average Bonchev–Trinajstić information content (AvgIpc) is 3.14. The molecule has 4 unspecified atom stereocenters. The summed E-state index contributed by atoms with van der Waals surface area (Å²) in [4.78, 5) is 47.6. The predicted molar refractivity (Wildman–Crippen MR) is 116 cm³/mol. The fourth-order valence-electron chi connectivity index (χ4n) is 4.27. The van der Waals surface area contributed by atoms with Gasteiger partial charge in [-0.05, 0) is 13.0 Å². The van der Waals surface area contributed by atoms with E-state index in [1.165, 1.54) is 50.8 Å². The molecule has 4 atom stereocenters. The first-order chi connectivity index (χ1) is 16.0. The number of nitrogens with two attached hydrogens (primary N) is 1. The van der Waals surface area contributed by atoms with Crippen LogP contribution in [0.1, 0.15) is 33.9 Å². The molecular weight excluding hydrogens is 450 g/mol. The zero-order valence-corrected chi connectivity index (χ0v) is 18.9. The normalized spacial score (nSPS) is 24.3. The number of aromatic nitrogens is 4. The first kappa shape index (κ1) is 23.2. The number of carbonyl (C=O) groups excluding carboxylic acids is 3. The minimum Gasteiger partial charge on any atom is -0.463 e. The number of nitrogens with zero attached hydrogens (tertiary/aromatic N) is 3. The maximum absolute atomic E-state index is 12.3. The molecule has 3 heterocycles. The maximum Gasteiger partial charge on any atom is 0.303 e. The summed E-state index contributed by atoms with van der Waals surface area (Å²) in [5.74, 6) is -1.88. The topological polar surface area (TPSA) is 178 Å². The van der Waals surface area contributed by atoms with Crippen LogP contribution >= 0.6 is 0 Å². The van der Waals surface area contributed by atoms with Crippen LogP contribution in [0, 0.1) is 0 Å². The Morgan fingerprint density at radius 2 is 1.94 bits per heavy atom. The molecule has 2 aromatic heterocycles. The van der Waals surface area contributed by atoms with Crippen LogP contribution < -0.4 is 11.3 Å². The van der Waals surface area contributed by atoms with Crippen molar-refractivity contribution in [3.63, 3.8) is 0 Å². The SMILES string of the molecule is CC(=O)OCC1OC(n2cc3c(N)cc4c(=O)[nH]ncc(n2)c34)C(C)(OC(C)=O)C1OC(C)=O. The minimum absolute atomic E-state index is 0.265. The monoisotopic (exact) mass is 473 g/mol. The molecule has 1 aromatic carbocycles. The van der Waals surface area contributed by atoms with Gasteiger partial charge in [-0.1, -0.05) is 0 Å². The Morgan fingerprint density at radius 3 is 2.59 bits per heavy atom. The van der Waals surface area contributed by atoms with E-state index in [0.717, 1.165) is 0 Å². The summed E-state index contributed by atoms with van der Waals surface area (Å²) in [6.45, 7) is 4.88. The Balaban J connectivity index is 1.90. The molecule has 0 amide bonds. The van der Waals surface area contributed by atoms with Gasteiger partial charge in [0.15, 0.2) is 17.9 Å². The number of ether oxygens (including phenoxy) is 4. The van der Waals surface area contributed by atoms with Gasteiger partial charge in [0.25, 0.3) is 5.56 Å². The van der Waals surface area contributed by atoms with E-state index in [0.29, 0.717) is 27.4 Å². The molecule has 3 aromatic rings. The summed E-state index contributed by atoms with van der Waals surface area (Å²) >= 11 is 0. The first-order valence-electron chi connectivity index (χ1n) is 10.3. The van der Waals surface area contributed by atoms with E-state index in [1.807, 2.05) is 0 Å². The van der Waals surface area contributed by atoms with Gasteiger partial charge in [0.2, 0.25) is 0 Å². The van der Waals surface area contributed by atoms with Gasteiger partial charge >= 0.3 is 17.9 Å². The molecule has 13 nitrogen and oxygen atoms in total. The van der Waals surface area contributed by atoms with Crippen LogP contribution in [-0.4, -0.2) is 62.3 Å². The van der Waals surface area contributed by atoms with Crippen molar-refractivity contribution in [1.82, 2.24) is 20.0 Å². The number of nitrogens with one attached hydrogen (secondary N) is 1. The summed E-state index contributed by atoms with van der Waals surface area (Å²) in [7, 11) is 0. The lowest BCUT2D eigenvalue weighted by atomic mass is 9.95. The van der Waals surface area contributed by atoms with Crippen LogP contribution in [0.3, 0.4) is 0 Å². The third-order valence-electron chi connectivity index (χ3n) is 5.53. The molecule has 1 fully saturated rings. The predicted octanol–water partition coefficient (Wildman–Crippen LogP) is 0.569. The lowest BCUT2D eigenvalue weighted by Crippen LogP contribution is -2.50. The Morgan fingerprint density at radius 1 is 1.21 bits per heavy atom. The second-order valence-electron chi connectivity index (χ2n) is 8.13. The molecule has 180 valence electrons. The molecular formula is C21H23N5O8.